The molecule has 11 aromatic rings. The second-order valence-corrected chi connectivity index (χ2v) is 16.2. The molecule has 0 aliphatic heterocycles. The van der Waals surface area contributed by atoms with E-state index >= 15 is 0 Å². The van der Waals surface area contributed by atoms with Gasteiger partial charge in [-0.1, -0.05) is 153 Å². The first-order valence-corrected chi connectivity index (χ1v) is 20.1. The van der Waals surface area contributed by atoms with E-state index in [1.165, 1.54) is 77.2 Å². The molecule has 0 N–H and O–H groups in total. The van der Waals surface area contributed by atoms with E-state index in [2.05, 4.69) is 200 Å². The van der Waals surface area contributed by atoms with Gasteiger partial charge in [0.1, 0.15) is 0 Å². The van der Waals surface area contributed by atoms with Gasteiger partial charge in [0.15, 0.2) is 5.82 Å². The molecule has 272 valence electrons. The van der Waals surface area contributed by atoms with Crippen LogP contribution >= 0.6 is 0 Å². The summed E-state index contributed by atoms with van der Waals surface area (Å²) in [4.78, 5) is 10.8. The summed E-state index contributed by atoms with van der Waals surface area (Å²) in [6.07, 6.45) is 1.97. The van der Waals surface area contributed by atoms with Gasteiger partial charge in [-0.2, -0.15) is 0 Å². The number of nitrogens with zero attached hydrogens (tertiary/aromatic N) is 3. The Bertz CT molecular complexity index is 3370. The van der Waals surface area contributed by atoms with Crippen molar-refractivity contribution in [1.29, 1.82) is 0 Å². The average Bonchev–Trinajstić information content (AvgIpc) is 3.73. The van der Waals surface area contributed by atoms with E-state index < -0.39 is 0 Å². The van der Waals surface area contributed by atoms with E-state index in [1.54, 1.807) is 0 Å². The summed E-state index contributed by atoms with van der Waals surface area (Å²) >= 11 is 0. The third-order valence-corrected chi connectivity index (χ3v) is 12.6. The largest absolute Gasteiger partial charge is 0.292 e. The number of hydrogen-bond acceptors (Lipinski definition) is 2. The number of aromatic nitrogens is 3. The van der Waals surface area contributed by atoms with Gasteiger partial charge in [0.2, 0.25) is 0 Å². The van der Waals surface area contributed by atoms with Crippen molar-refractivity contribution in [3.8, 4) is 50.3 Å². The minimum Gasteiger partial charge on any atom is -0.292 e. The van der Waals surface area contributed by atoms with Crippen LogP contribution in [0.3, 0.4) is 0 Å². The lowest BCUT2D eigenvalue weighted by Gasteiger charge is -2.21. The number of fused-ring (bicyclic) bond motifs is 12. The lowest BCUT2D eigenvalue weighted by Crippen LogP contribution is -2.15. The second-order valence-electron chi connectivity index (χ2n) is 16.2. The van der Waals surface area contributed by atoms with Crippen molar-refractivity contribution in [3.05, 3.63) is 199 Å². The van der Waals surface area contributed by atoms with Crippen molar-refractivity contribution in [3.63, 3.8) is 0 Å². The minimum absolute atomic E-state index is 0.150. The first-order chi connectivity index (χ1) is 28.5. The first kappa shape index (κ1) is 32.8. The lowest BCUT2D eigenvalue weighted by atomic mass is 9.82. The molecule has 3 nitrogen and oxygen atoms in total. The van der Waals surface area contributed by atoms with Crippen LogP contribution in [0.15, 0.2) is 188 Å². The van der Waals surface area contributed by atoms with Gasteiger partial charge >= 0.3 is 0 Å². The maximum Gasteiger partial charge on any atom is 0.156 e. The monoisotopic (exact) mass is 739 g/mol. The van der Waals surface area contributed by atoms with Crippen LogP contribution < -0.4 is 0 Å². The Hall–Kier alpha value is -7.36. The van der Waals surface area contributed by atoms with Crippen LogP contribution in [0.25, 0.3) is 105 Å². The van der Waals surface area contributed by atoms with Gasteiger partial charge in [-0.05, 0) is 109 Å². The molecule has 0 unspecified atom stereocenters. The summed E-state index contributed by atoms with van der Waals surface area (Å²) in [7, 11) is 0. The van der Waals surface area contributed by atoms with E-state index in [0.29, 0.717) is 0 Å². The van der Waals surface area contributed by atoms with Crippen LogP contribution in [0.1, 0.15) is 25.0 Å². The van der Waals surface area contributed by atoms with Crippen LogP contribution in [0.4, 0.5) is 0 Å². The number of rotatable bonds is 4. The topological polar surface area (TPSA) is 30.7 Å². The Balaban J connectivity index is 1.15. The molecule has 0 spiro atoms. The Kier molecular flexibility index (Phi) is 6.98. The molecule has 0 fully saturated rings. The van der Waals surface area contributed by atoms with Crippen LogP contribution in [-0.4, -0.2) is 14.5 Å². The molecule has 2 aromatic heterocycles. The van der Waals surface area contributed by atoms with Crippen molar-refractivity contribution in [2.45, 2.75) is 19.3 Å². The van der Waals surface area contributed by atoms with Crippen molar-refractivity contribution < 1.29 is 0 Å². The maximum atomic E-state index is 5.54. The Morgan fingerprint density at radius 1 is 0.379 bits per heavy atom. The zero-order valence-electron chi connectivity index (χ0n) is 32.2. The molecule has 2 heterocycles. The zero-order chi connectivity index (χ0) is 38.5. The molecule has 3 heteroatoms. The molecule has 1 aliphatic rings. The molecular weight excluding hydrogens is 703 g/mol. The molecule has 0 atom stereocenters. The molecule has 9 aromatic carbocycles. The van der Waals surface area contributed by atoms with Gasteiger partial charge in [0.05, 0.1) is 28.3 Å². The van der Waals surface area contributed by atoms with E-state index in [4.69, 9.17) is 9.97 Å². The van der Waals surface area contributed by atoms with Crippen molar-refractivity contribution >= 4 is 54.4 Å². The molecule has 12 rings (SSSR count). The van der Waals surface area contributed by atoms with E-state index in [0.717, 1.165) is 38.7 Å². The van der Waals surface area contributed by atoms with Crippen LogP contribution in [-0.2, 0) is 5.41 Å². The van der Waals surface area contributed by atoms with Crippen molar-refractivity contribution in [2.75, 3.05) is 0 Å². The van der Waals surface area contributed by atoms with Crippen LogP contribution in [0, 0.1) is 0 Å². The van der Waals surface area contributed by atoms with Gasteiger partial charge in [-0.15, -0.1) is 0 Å². The zero-order valence-corrected chi connectivity index (χ0v) is 32.2. The highest BCUT2D eigenvalue weighted by atomic mass is 15.1. The van der Waals surface area contributed by atoms with Crippen molar-refractivity contribution in [2.24, 2.45) is 0 Å². The standard InChI is InChI=1S/C55H37N3/c1-55(2)48-24-14-13-21-42(48)45-31-47-46-30-36(39-28-37(34-15-5-3-6-16-34)27-38(29-39)35-17-7-4-8-18-35)25-26-50(46)58(51(47)32-49(45)55)52-33-56-53-43-22-11-9-19-40(43)41-20-10-12-23-44(41)54(53)57-52/h3-33H,1-2H3. The Labute approximate surface area is 336 Å². The first-order valence-electron chi connectivity index (χ1n) is 20.1. The molecule has 1 aliphatic carbocycles. The van der Waals surface area contributed by atoms with Gasteiger partial charge < -0.3 is 0 Å². The summed E-state index contributed by atoms with van der Waals surface area (Å²) in [6, 6.07) is 66.3. The maximum absolute atomic E-state index is 5.54. The Morgan fingerprint density at radius 3 is 1.60 bits per heavy atom. The molecule has 0 saturated heterocycles. The second kappa shape index (κ2) is 12.3. The molecule has 0 amide bonds. The predicted octanol–water partition coefficient (Wildman–Crippen LogP) is 14.3. The quantitative estimate of drug-likeness (QED) is 0.168. The summed E-state index contributed by atoms with van der Waals surface area (Å²) in [5, 5.41) is 7.01. The van der Waals surface area contributed by atoms with Crippen LogP contribution in [0.2, 0.25) is 0 Å². The minimum atomic E-state index is -0.150. The van der Waals surface area contributed by atoms with Gasteiger partial charge in [-0.3, -0.25) is 9.55 Å². The third kappa shape index (κ3) is 4.80. The molecule has 0 saturated carbocycles. The smallest absolute Gasteiger partial charge is 0.156 e. The summed E-state index contributed by atoms with van der Waals surface area (Å²) in [5.74, 6) is 0.811. The molecule has 0 radical (unpaired) electrons. The summed E-state index contributed by atoms with van der Waals surface area (Å²) in [5.41, 5.74) is 16.4. The fourth-order valence-corrected chi connectivity index (χ4v) is 9.75. The summed E-state index contributed by atoms with van der Waals surface area (Å²) < 4.78 is 2.35. The lowest BCUT2D eigenvalue weighted by molar-refractivity contribution is 0.661. The number of benzene rings is 9. The van der Waals surface area contributed by atoms with Crippen LogP contribution in [0.5, 0.6) is 0 Å². The summed E-state index contributed by atoms with van der Waals surface area (Å²) in [6.45, 7) is 4.71. The van der Waals surface area contributed by atoms with E-state index in [9.17, 15) is 0 Å². The normalized spacial score (nSPS) is 13.1. The highest BCUT2D eigenvalue weighted by Gasteiger charge is 2.36. The third-order valence-electron chi connectivity index (χ3n) is 12.6. The fourth-order valence-electron chi connectivity index (χ4n) is 9.75. The van der Waals surface area contributed by atoms with Gasteiger partial charge in [0.25, 0.3) is 0 Å². The van der Waals surface area contributed by atoms with Gasteiger partial charge in [0, 0.05) is 27.0 Å². The van der Waals surface area contributed by atoms with E-state index in [-0.39, 0.29) is 5.41 Å². The highest BCUT2D eigenvalue weighted by molar-refractivity contribution is 6.23. The van der Waals surface area contributed by atoms with Crippen molar-refractivity contribution in [1.82, 2.24) is 14.5 Å². The molecule has 0 bridgehead atoms. The fraction of sp³-hybridized carbons (Fsp3) is 0.0545. The van der Waals surface area contributed by atoms with Gasteiger partial charge in [-0.25, -0.2) is 4.98 Å². The molecule has 58 heavy (non-hydrogen) atoms. The predicted molar refractivity (Wildman–Crippen MR) is 243 cm³/mol. The number of hydrogen-bond donors (Lipinski definition) is 0. The molecular formula is C55H37N3. The Morgan fingerprint density at radius 2 is 0.931 bits per heavy atom. The van der Waals surface area contributed by atoms with E-state index in [1.807, 2.05) is 6.20 Å². The SMILES string of the molecule is CC1(C)c2ccccc2-c2cc3c4cc(-c5cc(-c6ccccc6)cc(-c6ccccc6)c5)ccc4n(-c4cnc5c6ccccc6c6ccccc6c5n4)c3cc21. The average molecular weight is 740 g/mol. The highest BCUT2D eigenvalue weighted by Crippen LogP contribution is 2.51.